The monoisotopic (exact) mass is 288 g/mol. The maximum absolute atomic E-state index is 6.16. The number of benzene rings is 3. The minimum absolute atomic E-state index is 0.727. The first-order valence-electron chi connectivity index (χ1n) is 7.39. The largest absolute Gasteiger partial charge is 0.399 e. The van der Waals surface area contributed by atoms with Crippen LogP contribution in [0.1, 0.15) is 11.1 Å². The molecule has 0 spiro atoms. The second-order valence-electron chi connectivity index (χ2n) is 5.64. The van der Waals surface area contributed by atoms with Crippen LogP contribution in [0.2, 0.25) is 0 Å². The van der Waals surface area contributed by atoms with Crippen LogP contribution >= 0.6 is 0 Å². The minimum atomic E-state index is 0.727. The summed E-state index contributed by atoms with van der Waals surface area (Å²) in [6, 6.07) is 20.4. The van der Waals surface area contributed by atoms with Gasteiger partial charge in [0.1, 0.15) is 0 Å². The summed E-state index contributed by atoms with van der Waals surface area (Å²) in [5.41, 5.74) is 20.7. The second kappa shape index (κ2) is 5.57. The molecule has 22 heavy (non-hydrogen) atoms. The summed E-state index contributed by atoms with van der Waals surface area (Å²) in [7, 11) is 0. The Balaban J connectivity index is 2.26. The van der Waals surface area contributed by atoms with Crippen molar-refractivity contribution in [2.75, 3.05) is 11.5 Å². The van der Waals surface area contributed by atoms with Crippen LogP contribution in [-0.2, 0) is 0 Å². The summed E-state index contributed by atoms with van der Waals surface area (Å²) in [5.74, 6) is 0. The Morgan fingerprint density at radius 1 is 0.727 bits per heavy atom. The predicted octanol–water partition coefficient (Wildman–Crippen LogP) is 4.80. The van der Waals surface area contributed by atoms with Crippen LogP contribution in [0.3, 0.4) is 0 Å². The summed E-state index contributed by atoms with van der Waals surface area (Å²) in [4.78, 5) is 0. The van der Waals surface area contributed by atoms with Gasteiger partial charge in [-0.25, -0.2) is 0 Å². The highest BCUT2D eigenvalue weighted by molar-refractivity contribution is 5.86. The van der Waals surface area contributed by atoms with Crippen molar-refractivity contribution in [1.29, 1.82) is 0 Å². The Bertz CT molecular complexity index is 821. The van der Waals surface area contributed by atoms with Gasteiger partial charge >= 0.3 is 0 Å². The molecule has 0 aromatic heterocycles. The lowest BCUT2D eigenvalue weighted by Crippen LogP contribution is -1.97. The Hall–Kier alpha value is -2.74. The van der Waals surface area contributed by atoms with Crippen molar-refractivity contribution < 1.29 is 0 Å². The second-order valence-corrected chi connectivity index (χ2v) is 5.64. The molecule has 3 aromatic rings. The zero-order chi connectivity index (χ0) is 15.7. The highest BCUT2D eigenvalue weighted by Gasteiger charge is 2.12. The first kappa shape index (κ1) is 14.2. The predicted molar refractivity (Wildman–Crippen MR) is 95.6 cm³/mol. The van der Waals surface area contributed by atoms with Gasteiger partial charge in [-0.3, -0.25) is 0 Å². The average Bonchev–Trinajstić information content (AvgIpc) is 2.51. The Morgan fingerprint density at radius 3 is 2.18 bits per heavy atom. The lowest BCUT2D eigenvalue weighted by molar-refractivity contribution is 1.37. The summed E-state index contributed by atoms with van der Waals surface area (Å²) >= 11 is 0. The van der Waals surface area contributed by atoms with Crippen LogP contribution in [0.15, 0.2) is 60.7 Å². The maximum Gasteiger partial charge on any atom is 0.0395 e. The van der Waals surface area contributed by atoms with Gasteiger partial charge in [0.25, 0.3) is 0 Å². The van der Waals surface area contributed by atoms with Gasteiger partial charge in [0.15, 0.2) is 0 Å². The molecule has 2 heteroatoms. The lowest BCUT2D eigenvalue weighted by atomic mass is 9.89. The van der Waals surface area contributed by atoms with E-state index in [9.17, 15) is 0 Å². The molecule has 0 aliphatic rings. The normalized spacial score (nSPS) is 10.6. The molecule has 0 amide bonds. The van der Waals surface area contributed by atoms with E-state index in [2.05, 4.69) is 50.2 Å². The molecule has 0 radical (unpaired) electrons. The molecular weight excluding hydrogens is 268 g/mol. The first-order chi connectivity index (χ1) is 10.6. The van der Waals surface area contributed by atoms with E-state index >= 15 is 0 Å². The van der Waals surface area contributed by atoms with Gasteiger partial charge in [0.05, 0.1) is 0 Å². The van der Waals surface area contributed by atoms with Crippen LogP contribution < -0.4 is 11.5 Å². The van der Waals surface area contributed by atoms with Gasteiger partial charge in [-0.05, 0) is 59.9 Å². The number of aryl methyl sites for hydroxylation is 1. The molecule has 3 rings (SSSR count). The van der Waals surface area contributed by atoms with Gasteiger partial charge < -0.3 is 11.5 Å². The molecule has 0 unspecified atom stereocenters. The fourth-order valence-corrected chi connectivity index (χ4v) is 3.00. The van der Waals surface area contributed by atoms with Crippen LogP contribution in [0.25, 0.3) is 22.3 Å². The summed E-state index contributed by atoms with van der Waals surface area (Å²) < 4.78 is 0. The van der Waals surface area contributed by atoms with Crippen molar-refractivity contribution in [3.05, 3.63) is 71.8 Å². The number of rotatable bonds is 2. The number of anilines is 2. The van der Waals surface area contributed by atoms with Crippen molar-refractivity contribution in [1.82, 2.24) is 0 Å². The molecule has 0 bridgehead atoms. The quantitative estimate of drug-likeness (QED) is 0.665. The third-order valence-electron chi connectivity index (χ3n) is 4.10. The zero-order valence-corrected chi connectivity index (χ0v) is 12.9. The topological polar surface area (TPSA) is 52.0 Å². The van der Waals surface area contributed by atoms with Crippen LogP contribution in [0, 0.1) is 13.8 Å². The van der Waals surface area contributed by atoms with Crippen LogP contribution in [0.5, 0.6) is 0 Å². The molecule has 0 saturated carbocycles. The summed E-state index contributed by atoms with van der Waals surface area (Å²) in [5, 5.41) is 0. The zero-order valence-electron chi connectivity index (χ0n) is 12.9. The van der Waals surface area contributed by atoms with Gasteiger partial charge in [-0.1, -0.05) is 42.5 Å². The molecule has 0 fully saturated rings. The molecule has 0 atom stereocenters. The SMILES string of the molecule is Cc1ccc(-c2cc(N)ccc2N)c(C)c1-c1ccccc1. The van der Waals surface area contributed by atoms with E-state index in [1.807, 2.05) is 24.3 Å². The molecule has 2 nitrogen and oxygen atoms in total. The fraction of sp³-hybridized carbons (Fsp3) is 0.100. The van der Waals surface area contributed by atoms with E-state index in [1.54, 1.807) is 0 Å². The number of nitrogens with two attached hydrogens (primary N) is 2. The van der Waals surface area contributed by atoms with Crippen molar-refractivity contribution in [3.8, 4) is 22.3 Å². The standard InChI is InChI=1S/C20H20N2/c1-13-8-10-17(18-12-16(21)9-11-19(18)22)14(2)20(13)15-6-4-3-5-7-15/h3-12H,21-22H2,1-2H3. The Labute approximate surface area is 131 Å². The van der Waals surface area contributed by atoms with E-state index in [1.165, 1.54) is 22.3 Å². The van der Waals surface area contributed by atoms with Gasteiger partial charge in [-0.15, -0.1) is 0 Å². The molecule has 0 aliphatic heterocycles. The number of hydrogen-bond acceptors (Lipinski definition) is 2. The van der Waals surface area contributed by atoms with E-state index in [0.29, 0.717) is 0 Å². The first-order valence-corrected chi connectivity index (χ1v) is 7.39. The molecule has 3 aromatic carbocycles. The molecule has 110 valence electrons. The van der Waals surface area contributed by atoms with Crippen molar-refractivity contribution in [3.63, 3.8) is 0 Å². The molecule has 0 aliphatic carbocycles. The van der Waals surface area contributed by atoms with E-state index < -0.39 is 0 Å². The van der Waals surface area contributed by atoms with Gasteiger partial charge in [0.2, 0.25) is 0 Å². The van der Waals surface area contributed by atoms with Gasteiger partial charge in [0, 0.05) is 16.9 Å². The third-order valence-corrected chi connectivity index (χ3v) is 4.10. The third kappa shape index (κ3) is 2.44. The van der Waals surface area contributed by atoms with E-state index in [4.69, 9.17) is 11.5 Å². The molecule has 4 N–H and O–H groups in total. The summed E-state index contributed by atoms with van der Waals surface area (Å²) in [6.45, 7) is 4.29. The molecule has 0 heterocycles. The Kier molecular flexibility index (Phi) is 3.60. The van der Waals surface area contributed by atoms with Crippen LogP contribution in [0.4, 0.5) is 11.4 Å². The number of nitrogen functional groups attached to an aromatic ring is 2. The highest BCUT2D eigenvalue weighted by Crippen LogP contribution is 2.37. The van der Waals surface area contributed by atoms with Crippen molar-refractivity contribution >= 4 is 11.4 Å². The smallest absolute Gasteiger partial charge is 0.0395 e. The average molecular weight is 288 g/mol. The molecular formula is C20H20N2. The van der Waals surface area contributed by atoms with Crippen LogP contribution in [-0.4, -0.2) is 0 Å². The number of hydrogen-bond donors (Lipinski definition) is 2. The Morgan fingerprint density at radius 2 is 1.45 bits per heavy atom. The van der Waals surface area contributed by atoms with E-state index in [-0.39, 0.29) is 0 Å². The van der Waals surface area contributed by atoms with Gasteiger partial charge in [-0.2, -0.15) is 0 Å². The lowest BCUT2D eigenvalue weighted by Gasteiger charge is -2.16. The highest BCUT2D eigenvalue weighted by atomic mass is 14.6. The fourth-order valence-electron chi connectivity index (χ4n) is 3.00. The van der Waals surface area contributed by atoms with E-state index in [0.717, 1.165) is 22.5 Å². The maximum atomic E-state index is 6.16. The molecule has 0 saturated heterocycles. The summed E-state index contributed by atoms with van der Waals surface area (Å²) in [6.07, 6.45) is 0. The minimum Gasteiger partial charge on any atom is -0.399 e. The van der Waals surface area contributed by atoms with Crippen molar-refractivity contribution in [2.45, 2.75) is 13.8 Å². The van der Waals surface area contributed by atoms with Crippen molar-refractivity contribution in [2.24, 2.45) is 0 Å².